The molecule has 5 nitrogen and oxygen atoms in total. The normalized spacial score (nSPS) is 10.6. The molecule has 1 N–H and O–H groups in total. The summed E-state index contributed by atoms with van der Waals surface area (Å²) >= 11 is 0. The topological polar surface area (TPSA) is 68.0 Å². The Morgan fingerprint density at radius 2 is 2.08 bits per heavy atom. The molecule has 0 saturated heterocycles. The summed E-state index contributed by atoms with van der Waals surface area (Å²) in [6, 6.07) is 7.24. The minimum Gasteiger partial charge on any atom is -0.355 e. The van der Waals surface area contributed by atoms with Crippen molar-refractivity contribution >= 4 is 5.91 Å². The van der Waals surface area contributed by atoms with Crippen LogP contribution in [0.4, 0.5) is 8.78 Å². The van der Waals surface area contributed by atoms with Gasteiger partial charge in [0.05, 0.1) is 5.69 Å². The van der Waals surface area contributed by atoms with Gasteiger partial charge in [0.15, 0.2) is 17.4 Å². The Morgan fingerprint density at radius 1 is 1.25 bits per heavy atom. The summed E-state index contributed by atoms with van der Waals surface area (Å²) in [6.07, 6.45) is 3.14. The lowest BCUT2D eigenvalue weighted by atomic mass is 10.1. The number of hydrogen-bond donors (Lipinski definition) is 1. The molecule has 0 spiro atoms. The maximum absolute atomic E-state index is 13.7. The SMILES string of the molecule is Cc1noc(-c2cccnc2)c1C(=O)NCc1cccc(F)c1F. The fraction of sp³-hybridized carbons (Fsp3) is 0.118. The van der Waals surface area contributed by atoms with Crippen LogP contribution in [-0.2, 0) is 6.54 Å². The van der Waals surface area contributed by atoms with E-state index >= 15 is 0 Å². The number of carbonyl (C=O) groups excluding carboxylic acids is 1. The Bertz CT molecular complexity index is 879. The first kappa shape index (κ1) is 15.8. The standard InChI is InChI=1S/C17H13F2N3O2/c1-10-14(16(24-22-10)12-5-3-7-20-8-12)17(23)21-9-11-4-2-6-13(18)15(11)19/h2-8H,9H2,1H3,(H,21,23). The Morgan fingerprint density at radius 3 is 2.83 bits per heavy atom. The van der Waals surface area contributed by atoms with Gasteiger partial charge in [0.1, 0.15) is 5.56 Å². The van der Waals surface area contributed by atoms with Crippen molar-refractivity contribution in [3.05, 3.63) is 71.2 Å². The van der Waals surface area contributed by atoms with Gasteiger partial charge in [0, 0.05) is 30.1 Å². The average Bonchev–Trinajstić information content (AvgIpc) is 2.98. The highest BCUT2D eigenvalue weighted by Crippen LogP contribution is 2.25. The van der Waals surface area contributed by atoms with Crippen molar-refractivity contribution < 1.29 is 18.1 Å². The maximum atomic E-state index is 13.7. The predicted molar refractivity (Wildman–Crippen MR) is 82.0 cm³/mol. The summed E-state index contributed by atoms with van der Waals surface area (Å²) in [7, 11) is 0. The van der Waals surface area contributed by atoms with Gasteiger partial charge in [-0.05, 0) is 25.1 Å². The largest absolute Gasteiger partial charge is 0.355 e. The number of benzene rings is 1. The van der Waals surface area contributed by atoms with E-state index in [1.54, 1.807) is 31.5 Å². The van der Waals surface area contributed by atoms with Gasteiger partial charge in [-0.3, -0.25) is 9.78 Å². The predicted octanol–water partition coefficient (Wildman–Crippen LogP) is 3.25. The number of nitrogens with zero attached hydrogens (tertiary/aromatic N) is 2. The number of halogens is 2. The molecule has 2 heterocycles. The fourth-order valence-electron chi connectivity index (χ4n) is 2.28. The second-order valence-electron chi connectivity index (χ2n) is 5.11. The van der Waals surface area contributed by atoms with Crippen LogP contribution in [0.15, 0.2) is 47.2 Å². The molecule has 24 heavy (non-hydrogen) atoms. The minimum absolute atomic E-state index is 0.0559. The van der Waals surface area contributed by atoms with E-state index in [0.29, 0.717) is 11.3 Å². The molecular formula is C17H13F2N3O2. The Hall–Kier alpha value is -3.09. The number of aromatic nitrogens is 2. The molecule has 2 aromatic heterocycles. The lowest BCUT2D eigenvalue weighted by molar-refractivity contribution is 0.0950. The number of pyridine rings is 1. The van der Waals surface area contributed by atoms with Crippen LogP contribution >= 0.6 is 0 Å². The molecule has 0 aliphatic carbocycles. The molecule has 1 amide bonds. The first-order chi connectivity index (χ1) is 11.6. The van der Waals surface area contributed by atoms with Crippen molar-refractivity contribution in [2.24, 2.45) is 0 Å². The van der Waals surface area contributed by atoms with Crippen molar-refractivity contribution in [1.82, 2.24) is 15.5 Å². The van der Waals surface area contributed by atoms with E-state index in [0.717, 1.165) is 6.07 Å². The van der Waals surface area contributed by atoms with Crippen LogP contribution in [0.25, 0.3) is 11.3 Å². The third-order valence-corrected chi connectivity index (χ3v) is 3.48. The number of aryl methyl sites for hydroxylation is 1. The summed E-state index contributed by atoms with van der Waals surface area (Å²) < 4.78 is 32.1. The van der Waals surface area contributed by atoms with Crippen molar-refractivity contribution in [3.8, 4) is 11.3 Å². The summed E-state index contributed by atoms with van der Waals surface area (Å²) in [5.41, 5.74) is 1.28. The van der Waals surface area contributed by atoms with Gasteiger partial charge in [-0.25, -0.2) is 8.78 Å². The average molecular weight is 329 g/mol. The Balaban J connectivity index is 1.84. The molecule has 0 aliphatic heterocycles. The van der Waals surface area contributed by atoms with Gasteiger partial charge in [-0.1, -0.05) is 17.3 Å². The first-order valence-corrected chi connectivity index (χ1v) is 7.15. The second-order valence-corrected chi connectivity index (χ2v) is 5.11. The highest BCUT2D eigenvalue weighted by atomic mass is 19.2. The zero-order chi connectivity index (χ0) is 17.1. The van der Waals surface area contributed by atoms with Crippen LogP contribution < -0.4 is 5.32 Å². The quantitative estimate of drug-likeness (QED) is 0.798. The van der Waals surface area contributed by atoms with E-state index in [1.807, 2.05) is 0 Å². The van der Waals surface area contributed by atoms with Gasteiger partial charge in [0.2, 0.25) is 0 Å². The number of carbonyl (C=O) groups is 1. The number of rotatable bonds is 4. The fourth-order valence-corrected chi connectivity index (χ4v) is 2.28. The third-order valence-electron chi connectivity index (χ3n) is 3.48. The number of amides is 1. The lowest BCUT2D eigenvalue weighted by Gasteiger charge is -2.07. The first-order valence-electron chi connectivity index (χ1n) is 7.15. The summed E-state index contributed by atoms with van der Waals surface area (Å²) in [5, 5.41) is 6.36. The number of nitrogens with one attached hydrogen (secondary N) is 1. The Kier molecular flexibility index (Phi) is 4.33. The van der Waals surface area contributed by atoms with Crippen molar-refractivity contribution in [2.45, 2.75) is 13.5 Å². The van der Waals surface area contributed by atoms with E-state index in [4.69, 9.17) is 4.52 Å². The van der Waals surface area contributed by atoms with E-state index in [9.17, 15) is 13.6 Å². The summed E-state index contributed by atoms with van der Waals surface area (Å²) in [5.74, 6) is -2.15. The van der Waals surface area contributed by atoms with Gasteiger partial charge < -0.3 is 9.84 Å². The molecular weight excluding hydrogens is 316 g/mol. The van der Waals surface area contributed by atoms with Crippen LogP contribution in [0.3, 0.4) is 0 Å². The molecule has 7 heteroatoms. The minimum atomic E-state index is -0.979. The van der Waals surface area contributed by atoms with Crippen LogP contribution in [-0.4, -0.2) is 16.0 Å². The Labute approximate surface area is 136 Å². The molecule has 0 bridgehead atoms. The van der Waals surface area contributed by atoms with E-state index in [2.05, 4.69) is 15.5 Å². The van der Waals surface area contributed by atoms with Crippen molar-refractivity contribution in [3.63, 3.8) is 0 Å². The molecule has 0 radical (unpaired) electrons. The van der Waals surface area contributed by atoms with E-state index in [-0.39, 0.29) is 23.4 Å². The molecule has 0 unspecified atom stereocenters. The highest BCUT2D eigenvalue weighted by molar-refractivity contribution is 6.00. The molecule has 1 aromatic carbocycles. The summed E-state index contributed by atoms with van der Waals surface area (Å²) in [6.45, 7) is 1.47. The van der Waals surface area contributed by atoms with Gasteiger partial charge in [-0.2, -0.15) is 0 Å². The van der Waals surface area contributed by atoms with Crippen molar-refractivity contribution in [2.75, 3.05) is 0 Å². The van der Waals surface area contributed by atoms with E-state index in [1.165, 1.54) is 12.1 Å². The molecule has 0 aliphatic rings. The summed E-state index contributed by atoms with van der Waals surface area (Å²) in [4.78, 5) is 16.4. The monoisotopic (exact) mass is 329 g/mol. The smallest absolute Gasteiger partial charge is 0.257 e. The zero-order valence-electron chi connectivity index (χ0n) is 12.7. The van der Waals surface area contributed by atoms with Crippen LogP contribution in [0.5, 0.6) is 0 Å². The molecule has 3 rings (SSSR count). The van der Waals surface area contributed by atoms with Gasteiger partial charge in [-0.15, -0.1) is 0 Å². The molecule has 122 valence electrons. The third kappa shape index (κ3) is 3.01. The van der Waals surface area contributed by atoms with Crippen LogP contribution in [0.2, 0.25) is 0 Å². The highest BCUT2D eigenvalue weighted by Gasteiger charge is 2.22. The molecule has 0 saturated carbocycles. The maximum Gasteiger partial charge on any atom is 0.257 e. The van der Waals surface area contributed by atoms with Crippen LogP contribution in [0, 0.1) is 18.6 Å². The molecule has 0 atom stereocenters. The van der Waals surface area contributed by atoms with Crippen molar-refractivity contribution in [1.29, 1.82) is 0 Å². The molecule has 0 fully saturated rings. The zero-order valence-corrected chi connectivity index (χ0v) is 12.7. The van der Waals surface area contributed by atoms with Gasteiger partial charge in [0.25, 0.3) is 5.91 Å². The van der Waals surface area contributed by atoms with Gasteiger partial charge >= 0.3 is 0 Å². The van der Waals surface area contributed by atoms with Crippen LogP contribution in [0.1, 0.15) is 21.6 Å². The molecule has 3 aromatic rings. The lowest BCUT2D eigenvalue weighted by Crippen LogP contribution is -2.24. The number of hydrogen-bond acceptors (Lipinski definition) is 4. The van der Waals surface area contributed by atoms with E-state index < -0.39 is 17.5 Å². The second kappa shape index (κ2) is 6.57.